The Morgan fingerprint density at radius 3 is 2.73 bits per heavy atom. The minimum atomic E-state index is 0.663. The van der Waals surface area contributed by atoms with E-state index in [2.05, 4.69) is 23.8 Å². The van der Waals surface area contributed by atoms with Crippen LogP contribution in [0.1, 0.15) is 20.3 Å². The van der Waals surface area contributed by atoms with E-state index < -0.39 is 0 Å². The first-order valence-electron chi connectivity index (χ1n) is 4.36. The van der Waals surface area contributed by atoms with Crippen LogP contribution >= 0.6 is 0 Å². The molecule has 0 N–H and O–H groups in total. The fourth-order valence-corrected chi connectivity index (χ4v) is 1.76. The molecule has 0 aliphatic heterocycles. The molecule has 0 bridgehead atoms. The summed E-state index contributed by atoms with van der Waals surface area (Å²) in [6.07, 6.45) is 2.92. The summed E-state index contributed by atoms with van der Waals surface area (Å²) in [4.78, 5) is 4.33. The predicted octanol–water partition coefficient (Wildman–Crippen LogP) is 1.73. The monoisotopic (exact) mass is 147 g/mol. The number of fused-ring (bicyclic) bond motifs is 1. The van der Waals surface area contributed by atoms with Crippen LogP contribution in [0.4, 0.5) is 0 Å². The smallest absolute Gasteiger partial charge is 0.0583 e. The summed E-state index contributed by atoms with van der Waals surface area (Å²) < 4.78 is 0. The lowest BCUT2D eigenvalue weighted by molar-refractivity contribution is 0.668. The van der Waals surface area contributed by atoms with Gasteiger partial charge in [0.05, 0.1) is 6.04 Å². The van der Waals surface area contributed by atoms with Crippen molar-refractivity contribution in [1.29, 1.82) is 0 Å². The summed E-state index contributed by atoms with van der Waals surface area (Å²) in [5.74, 6) is 8.83. The number of rotatable bonds is 1. The van der Waals surface area contributed by atoms with E-state index in [1.165, 1.54) is 0 Å². The van der Waals surface area contributed by atoms with E-state index in [9.17, 15) is 0 Å². The Hall–Kier alpha value is -0.770. The van der Waals surface area contributed by atoms with Gasteiger partial charge in [0.1, 0.15) is 0 Å². The zero-order valence-corrected chi connectivity index (χ0v) is 7.04. The molecular weight excluding hydrogens is 134 g/mol. The first-order valence-corrected chi connectivity index (χ1v) is 4.36. The van der Waals surface area contributed by atoms with E-state index >= 15 is 0 Å². The third-order valence-corrected chi connectivity index (χ3v) is 2.55. The maximum absolute atomic E-state index is 4.33. The molecule has 2 rings (SSSR count). The molecule has 1 heteroatoms. The third kappa shape index (κ3) is 0.976. The quantitative estimate of drug-likeness (QED) is 0.395. The van der Waals surface area contributed by atoms with Gasteiger partial charge in [-0.1, -0.05) is 12.8 Å². The van der Waals surface area contributed by atoms with Crippen molar-refractivity contribution in [2.45, 2.75) is 26.3 Å². The molecule has 0 aromatic carbocycles. The SMILES string of the molecule is C/C=N/C1C2C(C#CCC)C12. The van der Waals surface area contributed by atoms with Gasteiger partial charge in [0.25, 0.3) is 0 Å². The molecule has 1 nitrogen and oxygen atoms in total. The first-order chi connectivity index (χ1) is 5.40. The number of hydrogen-bond donors (Lipinski definition) is 0. The van der Waals surface area contributed by atoms with Crippen LogP contribution in [-0.2, 0) is 0 Å². The lowest BCUT2D eigenvalue weighted by Crippen LogP contribution is -2.00. The van der Waals surface area contributed by atoms with Crippen LogP contribution in [0, 0.1) is 29.6 Å². The Morgan fingerprint density at radius 2 is 2.18 bits per heavy atom. The maximum Gasteiger partial charge on any atom is 0.0583 e. The van der Waals surface area contributed by atoms with E-state index in [-0.39, 0.29) is 0 Å². The second-order valence-corrected chi connectivity index (χ2v) is 3.25. The molecule has 11 heavy (non-hydrogen) atoms. The lowest BCUT2D eigenvalue weighted by atomic mass is 10.1. The van der Waals surface area contributed by atoms with Crippen LogP contribution in [0.5, 0.6) is 0 Å². The molecule has 2 atom stereocenters. The normalized spacial score (nSPS) is 44.5. The van der Waals surface area contributed by atoms with Gasteiger partial charge in [-0.3, -0.25) is 4.99 Å². The van der Waals surface area contributed by atoms with Gasteiger partial charge < -0.3 is 0 Å². The number of nitrogens with zero attached hydrogens (tertiary/aromatic N) is 1. The Labute approximate surface area is 67.9 Å². The van der Waals surface area contributed by atoms with Gasteiger partial charge in [0.15, 0.2) is 0 Å². The van der Waals surface area contributed by atoms with Crippen LogP contribution < -0.4 is 0 Å². The largest absolute Gasteiger partial charge is 0.294 e. The topological polar surface area (TPSA) is 12.4 Å². The second kappa shape index (κ2) is 2.37. The minimum absolute atomic E-state index is 0.663. The van der Waals surface area contributed by atoms with Gasteiger partial charge >= 0.3 is 0 Å². The molecule has 2 saturated carbocycles. The van der Waals surface area contributed by atoms with Gasteiger partial charge in [0, 0.05) is 24.2 Å². The lowest BCUT2D eigenvalue weighted by Gasteiger charge is -1.98. The van der Waals surface area contributed by atoms with Crippen molar-refractivity contribution in [3.63, 3.8) is 0 Å². The molecule has 0 amide bonds. The van der Waals surface area contributed by atoms with Gasteiger partial charge in [0.2, 0.25) is 0 Å². The highest BCUT2D eigenvalue weighted by molar-refractivity contribution is 5.55. The summed E-state index contributed by atoms with van der Waals surface area (Å²) in [7, 11) is 0. The average molecular weight is 147 g/mol. The van der Waals surface area contributed by atoms with Gasteiger partial charge in [-0.2, -0.15) is 0 Å². The summed E-state index contributed by atoms with van der Waals surface area (Å²) in [6, 6.07) is 0.663. The van der Waals surface area contributed by atoms with Crippen LogP contribution in [-0.4, -0.2) is 12.3 Å². The van der Waals surface area contributed by atoms with Crippen molar-refractivity contribution in [3.8, 4) is 11.8 Å². The van der Waals surface area contributed by atoms with Gasteiger partial charge in [-0.15, -0.1) is 5.92 Å². The standard InChI is InChI=1S/C10H13N/c1-3-5-6-7-8-9(7)10(8)11-4-2/h4,7-10H,3H2,1-2H3/b11-4+. The van der Waals surface area contributed by atoms with Crippen molar-refractivity contribution in [2.24, 2.45) is 22.7 Å². The first kappa shape index (κ1) is 6.91. The molecule has 2 unspecified atom stereocenters. The van der Waals surface area contributed by atoms with Gasteiger partial charge in [-0.05, 0) is 13.1 Å². The molecule has 2 aliphatic carbocycles. The highest BCUT2D eigenvalue weighted by Gasteiger charge is 2.73. The van der Waals surface area contributed by atoms with Crippen LogP contribution in [0.15, 0.2) is 4.99 Å². The van der Waals surface area contributed by atoms with E-state index in [1.54, 1.807) is 0 Å². The van der Waals surface area contributed by atoms with Crippen molar-refractivity contribution in [3.05, 3.63) is 0 Å². The molecule has 0 spiro atoms. The highest BCUT2D eigenvalue weighted by Crippen LogP contribution is 2.69. The maximum atomic E-state index is 4.33. The minimum Gasteiger partial charge on any atom is -0.294 e. The third-order valence-electron chi connectivity index (χ3n) is 2.55. The Bertz CT molecular complexity index is 233. The summed E-state index contributed by atoms with van der Waals surface area (Å²) in [6.45, 7) is 4.09. The van der Waals surface area contributed by atoms with Crippen LogP contribution in [0.2, 0.25) is 0 Å². The molecule has 58 valence electrons. The zero-order chi connectivity index (χ0) is 7.84. The molecule has 0 radical (unpaired) electrons. The Kier molecular flexibility index (Phi) is 1.49. The highest BCUT2D eigenvalue weighted by atomic mass is 15.0. The van der Waals surface area contributed by atoms with Crippen LogP contribution in [0.25, 0.3) is 0 Å². The summed E-state index contributed by atoms with van der Waals surface area (Å²) in [5, 5.41) is 0. The average Bonchev–Trinajstić information content (AvgIpc) is 2.85. The molecule has 0 heterocycles. The second-order valence-electron chi connectivity index (χ2n) is 3.25. The van der Waals surface area contributed by atoms with Crippen molar-refractivity contribution < 1.29 is 0 Å². The zero-order valence-electron chi connectivity index (χ0n) is 7.04. The van der Waals surface area contributed by atoms with E-state index in [1.807, 2.05) is 13.1 Å². The fourth-order valence-electron chi connectivity index (χ4n) is 1.76. The Morgan fingerprint density at radius 1 is 1.45 bits per heavy atom. The molecular formula is C10H13N. The fraction of sp³-hybridized carbons (Fsp3) is 0.700. The van der Waals surface area contributed by atoms with Crippen LogP contribution in [0.3, 0.4) is 0 Å². The molecule has 0 aromatic heterocycles. The number of aliphatic imine (C=N–C) groups is 1. The van der Waals surface area contributed by atoms with Crippen molar-refractivity contribution in [2.75, 3.05) is 0 Å². The van der Waals surface area contributed by atoms with E-state index in [4.69, 9.17) is 0 Å². The van der Waals surface area contributed by atoms with Gasteiger partial charge in [-0.25, -0.2) is 0 Å². The summed E-state index contributed by atoms with van der Waals surface area (Å²) in [5.41, 5.74) is 0. The number of hydrogen-bond acceptors (Lipinski definition) is 1. The predicted molar refractivity (Wildman–Crippen MR) is 46.5 cm³/mol. The molecule has 0 aromatic rings. The Balaban J connectivity index is 1.78. The molecule has 2 aliphatic rings. The van der Waals surface area contributed by atoms with E-state index in [0.717, 1.165) is 24.2 Å². The van der Waals surface area contributed by atoms with Crippen molar-refractivity contribution in [1.82, 2.24) is 0 Å². The molecule has 0 saturated heterocycles. The molecule has 2 fully saturated rings. The van der Waals surface area contributed by atoms with E-state index in [0.29, 0.717) is 6.04 Å². The summed E-state index contributed by atoms with van der Waals surface area (Å²) >= 11 is 0. The van der Waals surface area contributed by atoms with Crippen molar-refractivity contribution >= 4 is 6.21 Å².